The third kappa shape index (κ3) is 2.56. The van der Waals surface area contributed by atoms with Gasteiger partial charge in [-0.2, -0.15) is 5.26 Å². The van der Waals surface area contributed by atoms with Gasteiger partial charge in [0.15, 0.2) is 5.57 Å². The molecule has 0 amide bonds. The van der Waals surface area contributed by atoms with Gasteiger partial charge in [0.05, 0.1) is 0 Å². The first kappa shape index (κ1) is 13.5. The number of nitrogens with zero attached hydrogens (tertiary/aromatic N) is 2. The molecule has 0 saturated carbocycles. The first-order valence-corrected chi connectivity index (χ1v) is 7.20. The molecule has 2 aliphatic heterocycles. The van der Waals surface area contributed by atoms with Crippen molar-refractivity contribution in [2.75, 3.05) is 18.0 Å². The fourth-order valence-electron chi connectivity index (χ4n) is 3.21. The fraction of sp³-hybridized carbons (Fsp3) is 0.353. The van der Waals surface area contributed by atoms with Crippen LogP contribution in [0.4, 0.5) is 5.69 Å². The number of carboxylic acids is 1. The SMILES string of the molecule is N#CC(=C=Cc1cc2c3c(c1)CCCN3CCC2)C(=O)O. The summed E-state index contributed by atoms with van der Waals surface area (Å²) in [5.41, 5.74) is 7.21. The second-order valence-corrected chi connectivity index (χ2v) is 5.46. The highest BCUT2D eigenvalue weighted by atomic mass is 16.4. The van der Waals surface area contributed by atoms with Crippen molar-refractivity contribution < 1.29 is 9.90 Å². The van der Waals surface area contributed by atoms with E-state index in [0.29, 0.717) is 0 Å². The summed E-state index contributed by atoms with van der Waals surface area (Å²) >= 11 is 0. The Bertz CT molecular complexity index is 675. The molecule has 1 aromatic rings. The summed E-state index contributed by atoms with van der Waals surface area (Å²) in [7, 11) is 0. The molecule has 0 bridgehead atoms. The lowest BCUT2D eigenvalue weighted by Gasteiger charge is -2.37. The highest BCUT2D eigenvalue weighted by Gasteiger charge is 2.23. The van der Waals surface area contributed by atoms with Gasteiger partial charge in [-0.25, -0.2) is 4.79 Å². The van der Waals surface area contributed by atoms with Crippen LogP contribution in [0.25, 0.3) is 6.08 Å². The maximum Gasteiger partial charge on any atom is 0.354 e. The fourth-order valence-corrected chi connectivity index (χ4v) is 3.21. The van der Waals surface area contributed by atoms with Crippen LogP contribution < -0.4 is 4.90 Å². The van der Waals surface area contributed by atoms with E-state index >= 15 is 0 Å². The maximum atomic E-state index is 10.8. The van der Waals surface area contributed by atoms with Gasteiger partial charge in [-0.05, 0) is 60.6 Å². The molecule has 0 aliphatic carbocycles. The highest BCUT2D eigenvalue weighted by molar-refractivity contribution is 5.91. The second-order valence-electron chi connectivity index (χ2n) is 5.46. The third-order valence-electron chi connectivity index (χ3n) is 4.06. The van der Waals surface area contributed by atoms with Crippen molar-refractivity contribution in [2.45, 2.75) is 25.7 Å². The Hall–Kier alpha value is -2.50. The average Bonchev–Trinajstić information content (AvgIpc) is 2.48. The Kier molecular flexibility index (Phi) is 3.51. The summed E-state index contributed by atoms with van der Waals surface area (Å²) in [6.07, 6.45) is 6.06. The van der Waals surface area contributed by atoms with Gasteiger partial charge in [0.1, 0.15) is 6.07 Å². The quantitative estimate of drug-likeness (QED) is 0.513. The van der Waals surface area contributed by atoms with E-state index in [1.807, 2.05) is 0 Å². The van der Waals surface area contributed by atoms with E-state index in [1.165, 1.54) is 16.8 Å². The molecule has 2 aliphatic rings. The number of hydrogen-bond donors (Lipinski definition) is 1. The summed E-state index contributed by atoms with van der Waals surface area (Å²) in [4.78, 5) is 13.3. The largest absolute Gasteiger partial charge is 0.477 e. The van der Waals surface area contributed by atoms with Crippen LogP contribution in [0.2, 0.25) is 0 Å². The summed E-state index contributed by atoms with van der Waals surface area (Å²) < 4.78 is 0. The lowest BCUT2D eigenvalue weighted by atomic mass is 9.90. The zero-order valence-electron chi connectivity index (χ0n) is 11.7. The zero-order valence-corrected chi connectivity index (χ0v) is 11.7. The van der Waals surface area contributed by atoms with Gasteiger partial charge >= 0.3 is 5.97 Å². The summed E-state index contributed by atoms with van der Waals surface area (Å²) in [5.74, 6) is -1.24. The van der Waals surface area contributed by atoms with Gasteiger partial charge < -0.3 is 10.0 Å². The number of carboxylic acid groups (broad SMARTS) is 1. The van der Waals surface area contributed by atoms with E-state index < -0.39 is 5.97 Å². The summed E-state index contributed by atoms with van der Waals surface area (Å²) in [5, 5.41) is 17.6. The van der Waals surface area contributed by atoms with Crippen LogP contribution in [0.5, 0.6) is 0 Å². The molecule has 0 fully saturated rings. The molecule has 2 heterocycles. The number of aryl methyl sites for hydroxylation is 2. The van der Waals surface area contributed by atoms with Gasteiger partial charge in [0, 0.05) is 18.8 Å². The Morgan fingerprint density at radius 3 is 2.38 bits per heavy atom. The standard InChI is InChI=1S/C17H16N2O2/c18-11-15(17(20)21)6-5-12-9-13-3-1-7-19-8-2-4-14(10-12)16(13)19/h5,9-10H,1-4,7-8H2,(H,20,21). The molecule has 1 N–H and O–H groups in total. The molecule has 4 nitrogen and oxygen atoms in total. The lowest BCUT2D eigenvalue weighted by Crippen LogP contribution is -2.34. The minimum absolute atomic E-state index is 0.358. The smallest absolute Gasteiger partial charge is 0.354 e. The van der Waals surface area contributed by atoms with Crippen LogP contribution in [0.3, 0.4) is 0 Å². The van der Waals surface area contributed by atoms with Crippen LogP contribution >= 0.6 is 0 Å². The molecular formula is C17H16N2O2. The van der Waals surface area contributed by atoms with Crippen LogP contribution in [-0.2, 0) is 17.6 Å². The van der Waals surface area contributed by atoms with E-state index in [-0.39, 0.29) is 5.57 Å². The molecular weight excluding hydrogens is 264 g/mol. The topological polar surface area (TPSA) is 64.3 Å². The van der Waals surface area contributed by atoms with Crippen LogP contribution in [-0.4, -0.2) is 24.2 Å². The van der Waals surface area contributed by atoms with Crippen molar-refractivity contribution in [3.63, 3.8) is 0 Å². The molecule has 0 spiro atoms. The molecule has 0 aromatic heterocycles. The molecule has 0 saturated heterocycles. The number of rotatable bonds is 2. The predicted molar refractivity (Wildman–Crippen MR) is 80.0 cm³/mol. The molecule has 4 heteroatoms. The maximum absolute atomic E-state index is 10.8. The first-order valence-electron chi connectivity index (χ1n) is 7.20. The normalized spacial score (nSPS) is 15.5. The zero-order chi connectivity index (χ0) is 14.8. The molecule has 3 rings (SSSR count). The average molecular weight is 280 g/mol. The third-order valence-corrected chi connectivity index (χ3v) is 4.06. The van der Waals surface area contributed by atoms with Crippen molar-refractivity contribution in [2.24, 2.45) is 0 Å². The Morgan fingerprint density at radius 2 is 1.86 bits per heavy atom. The summed E-state index contributed by atoms with van der Waals surface area (Å²) in [6, 6.07) is 5.84. The van der Waals surface area contributed by atoms with E-state index in [9.17, 15) is 4.79 Å². The van der Waals surface area contributed by atoms with Gasteiger partial charge in [-0.3, -0.25) is 0 Å². The van der Waals surface area contributed by atoms with E-state index in [4.69, 9.17) is 10.4 Å². The number of benzene rings is 1. The minimum atomic E-state index is -1.24. The predicted octanol–water partition coefficient (Wildman–Crippen LogP) is 2.53. The molecule has 0 atom stereocenters. The Morgan fingerprint density at radius 1 is 1.24 bits per heavy atom. The molecule has 21 heavy (non-hydrogen) atoms. The van der Waals surface area contributed by atoms with Crippen LogP contribution in [0, 0.1) is 11.3 Å². The van der Waals surface area contributed by atoms with E-state index in [0.717, 1.165) is 44.3 Å². The van der Waals surface area contributed by atoms with Gasteiger partial charge in [0.2, 0.25) is 0 Å². The van der Waals surface area contributed by atoms with Crippen molar-refractivity contribution in [3.8, 4) is 6.07 Å². The highest BCUT2D eigenvalue weighted by Crippen LogP contribution is 2.36. The van der Waals surface area contributed by atoms with Crippen molar-refractivity contribution in [3.05, 3.63) is 40.1 Å². The van der Waals surface area contributed by atoms with Gasteiger partial charge in [-0.1, -0.05) is 5.73 Å². The van der Waals surface area contributed by atoms with E-state index in [1.54, 1.807) is 12.1 Å². The monoisotopic (exact) mass is 280 g/mol. The summed E-state index contributed by atoms with van der Waals surface area (Å²) in [6.45, 7) is 2.26. The van der Waals surface area contributed by atoms with Crippen LogP contribution in [0.15, 0.2) is 23.4 Å². The van der Waals surface area contributed by atoms with Crippen molar-refractivity contribution in [1.29, 1.82) is 5.26 Å². The minimum Gasteiger partial charge on any atom is -0.477 e. The van der Waals surface area contributed by atoms with E-state index in [2.05, 4.69) is 22.8 Å². The Balaban J connectivity index is 2.05. The second kappa shape index (κ2) is 5.47. The van der Waals surface area contributed by atoms with Crippen molar-refractivity contribution >= 4 is 17.7 Å². The van der Waals surface area contributed by atoms with Gasteiger partial charge in [-0.15, -0.1) is 0 Å². The number of aliphatic carboxylic acids is 1. The van der Waals surface area contributed by atoms with Crippen molar-refractivity contribution in [1.82, 2.24) is 0 Å². The molecule has 0 radical (unpaired) electrons. The molecule has 1 aromatic carbocycles. The Labute approximate surface area is 123 Å². The molecule has 0 unspecified atom stereocenters. The molecule has 106 valence electrons. The number of carbonyl (C=O) groups is 1. The number of anilines is 1. The number of hydrogen-bond acceptors (Lipinski definition) is 3. The first-order chi connectivity index (χ1) is 10.2. The van der Waals surface area contributed by atoms with Crippen LogP contribution in [0.1, 0.15) is 29.5 Å². The van der Waals surface area contributed by atoms with Gasteiger partial charge in [0.25, 0.3) is 0 Å². The lowest BCUT2D eigenvalue weighted by molar-refractivity contribution is -0.132. The number of nitriles is 1.